The SMILES string of the molecule is Cc1nnsc1C(=O)N1CCCN1C(=O)c1c(C)noc1C. The third kappa shape index (κ3) is 2.27. The summed E-state index contributed by atoms with van der Waals surface area (Å²) < 4.78 is 8.82. The summed E-state index contributed by atoms with van der Waals surface area (Å²) in [6.07, 6.45) is 0.728. The summed E-state index contributed by atoms with van der Waals surface area (Å²) in [5, 5.41) is 10.6. The summed E-state index contributed by atoms with van der Waals surface area (Å²) in [5.74, 6) is -0.0558. The van der Waals surface area contributed by atoms with E-state index in [0.717, 1.165) is 18.0 Å². The molecular weight excluding hydrogens is 306 g/mol. The molecule has 1 aliphatic rings. The Morgan fingerprint density at radius 2 is 1.77 bits per heavy atom. The van der Waals surface area contributed by atoms with Crippen LogP contribution in [0.3, 0.4) is 0 Å². The van der Waals surface area contributed by atoms with Gasteiger partial charge >= 0.3 is 0 Å². The van der Waals surface area contributed by atoms with Crippen molar-refractivity contribution in [3.63, 3.8) is 0 Å². The Kier molecular flexibility index (Phi) is 3.65. The number of amides is 2. The van der Waals surface area contributed by atoms with Crippen molar-refractivity contribution in [1.29, 1.82) is 0 Å². The van der Waals surface area contributed by atoms with Crippen LogP contribution in [-0.2, 0) is 0 Å². The lowest BCUT2D eigenvalue weighted by Crippen LogP contribution is -2.45. The van der Waals surface area contributed by atoms with E-state index in [1.165, 1.54) is 10.0 Å². The van der Waals surface area contributed by atoms with E-state index in [1.54, 1.807) is 20.8 Å². The van der Waals surface area contributed by atoms with Crippen LogP contribution in [0.1, 0.15) is 43.6 Å². The standard InChI is InChI=1S/C13H15N5O3S/c1-7-10(9(3)21-15-7)12(19)17-5-4-6-18(17)13(20)11-8(2)14-16-22-11/h4-6H2,1-3H3. The maximum atomic E-state index is 12.7. The number of hydrazine groups is 1. The second-order valence-corrected chi connectivity index (χ2v) is 5.85. The molecule has 0 unspecified atom stereocenters. The molecule has 2 amide bonds. The lowest BCUT2D eigenvalue weighted by molar-refractivity contribution is 0.0187. The number of rotatable bonds is 2. The van der Waals surface area contributed by atoms with E-state index in [1.807, 2.05) is 0 Å². The first-order chi connectivity index (χ1) is 10.5. The topological polar surface area (TPSA) is 92.4 Å². The Morgan fingerprint density at radius 1 is 1.09 bits per heavy atom. The van der Waals surface area contributed by atoms with Crippen LogP contribution in [0.15, 0.2) is 4.52 Å². The van der Waals surface area contributed by atoms with Crippen LogP contribution in [0.5, 0.6) is 0 Å². The highest BCUT2D eigenvalue weighted by Crippen LogP contribution is 2.23. The van der Waals surface area contributed by atoms with Crippen LogP contribution < -0.4 is 0 Å². The number of hydrogen-bond acceptors (Lipinski definition) is 7. The van der Waals surface area contributed by atoms with E-state index < -0.39 is 0 Å². The number of carbonyl (C=O) groups is 2. The molecule has 0 N–H and O–H groups in total. The fourth-order valence-corrected chi connectivity index (χ4v) is 3.10. The van der Waals surface area contributed by atoms with E-state index in [0.29, 0.717) is 40.7 Å². The maximum absolute atomic E-state index is 12.7. The Labute approximate surface area is 130 Å². The zero-order valence-electron chi connectivity index (χ0n) is 12.5. The van der Waals surface area contributed by atoms with Gasteiger partial charge in [-0.25, -0.2) is 10.0 Å². The van der Waals surface area contributed by atoms with E-state index in [-0.39, 0.29) is 11.8 Å². The highest BCUT2D eigenvalue weighted by atomic mass is 32.1. The molecule has 2 aromatic rings. The second-order valence-electron chi connectivity index (χ2n) is 5.10. The molecule has 1 aliphatic heterocycles. The summed E-state index contributed by atoms with van der Waals surface area (Å²) in [7, 11) is 0. The van der Waals surface area contributed by atoms with Crippen LogP contribution in [0.2, 0.25) is 0 Å². The molecule has 8 nitrogen and oxygen atoms in total. The number of carbonyl (C=O) groups excluding carboxylic acids is 2. The summed E-state index contributed by atoms with van der Waals surface area (Å²) in [4.78, 5) is 25.8. The van der Waals surface area contributed by atoms with E-state index in [4.69, 9.17) is 4.52 Å². The predicted octanol–water partition coefficient (Wildman–Crippen LogP) is 1.35. The van der Waals surface area contributed by atoms with Crippen LogP contribution in [0.25, 0.3) is 0 Å². The lowest BCUT2D eigenvalue weighted by atomic mass is 10.2. The van der Waals surface area contributed by atoms with Gasteiger partial charge in [0.05, 0.1) is 11.4 Å². The molecule has 116 valence electrons. The zero-order chi connectivity index (χ0) is 15.9. The molecule has 0 spiro atoms. The molecule has 0 aliphatic carbocycles. The first kappa shape index (κ1) is 14.6. The van der Waals surface area contributed by atoms with E-state index >= 15 is 0 Å². The van der Waals surface area contributed by atoms with Gasteiger partial charge in [-0.2, -0.15) is 0 Å². The smallest absolute Gasteiger partial charge is 0.286 e. The molecule has 0 bridgehead atoms. The fraction of sp³-hybridized carbons (Fsp3) is 0.462. The van der Waals surface area contributed by atoms with Crippen LogP contribution >= 0.6 is 11.5 Å². The summed E-state index contributed by atoms with van der Waals surface area (Å²) >= 11 is 1.04. The van der Waals surface area contributed by atoms with Gasteiger partial charge in [0.25, 0.3) is 11.8 Å². The van der Waals surface area contributed by atoms with Crippen molar-refractivity contribution in [3.05, 3.63) is 27.6 Å². The lowest BCUT2D eigenvalue weighted by Gasteiger charge is -2.27. The molecule has 3 heterocycles. The van der Waals surface area contributed by atoms with Crippen molar-refractivity contribution in [3.8, 4) is 0 Å². The van der Waals surface area contributed by atoms with Gasteiger partial charge in [-0.05, 0) is 38.7 Å². The van der Waals surface area contributed by atoms with Gasteiger partial charge in [-0.3, -0.25) is 9.59 Å². The van der Waals surface area contributed by atoms with Gasteiger partial charge in [0.2, 0.25) is 0 Å². The third-order valence-corrected chi connectivity index (χ3v) is 4.41. The minimum Gasteiger partial charge on any atom is -0.361 e. The molecule has 22 heavy (non-hydrogen) atoms. The highest BCUT2D eigenvalue weighted by molar-refractivity contribution is 7.07. The number of hydrogen-bond donors (Lipinski definition) is 0. The minimum atomic E-state index is -0.266. The Balaban J connectivity index is 1.89. The average Bonchev–Trinajstić information content (AvgIpc) is 3.18. The van der Waals surface area contributed by atoms with Gasteiger partial charge in [0, 0.05) is 13.1 Å². The Hall–Kier alpha value is -2.29. The molecule has 0 saturated carbocycles. The van der Waals surface area contributed by atoms with Gasteiger partial charge < -0.3 is 4.52 Å². The third-order valence-electron chi connectivity index (χ3n) is 3.59. The van der Waals surface area contributed by atoms with Crippen molar-refractivity contribution in [1.82, 2.24) is 24.8 Å². The number of aryl methyl sites for hydroxylation is 3. The van der Waals surface area contributed by atoms with Gasteiger partial charge in [0.15, 0.2) is 0 Å². The molecule has 9 heteroatoms. The monoisotopic (exact) mass is 321 g/mol. The van der Waals surface area contributed by atoms with Crippen LogP contribution in [-0.4, -0.2) is 49.7 Å². The first-order valence-electron chi connectivity index (χ1n) is 6.86. The average molecular weight is 321 g/mol. The molecule has 2 aromatic heterocycles. The summed E-state index contributed by atoms with van der Waals surface area (Å²) in [6.45, 7) is 6.11. The van der Waals surface area contributed by atoms with Gasteiger partial charge in [0.1, 0.15) is 16.2 Å². The molecule has 0 aromatic carbocycles. The maximum Gasteiger partial charge on any atom is 0.286 e. The zero-order valence-corrected chi connectivity index (χ0v) is 13.3. The van der Waals surface area contributed by atoms with Crippen LogP contribution in [0.4, 0.5) is 0 Å². The predicted molar refractivity (Wildman–Crippen MR) is 77.3 cm³/mol. The first-order valence-corrected chi connectivity index (χ1v) is 7.63. The van der Waals surface area contributed by atoms with E-state index in [9.17, 15) is 9.59 Å². The molecule has 3 rings (SSSR count). The van der Waals surface area contributed by atoms with Crippen molar-refractivity contribution >= 4 is 23.3 Å². The second kappa shape index (κ2) is 5.48. The molecule has 0 radical (unpaired) electrons. The number of aromatic nitrogens is 3. The van der Waals surface area contributed by atoms with E-state index in [2.05, 4.69) is 14.7 Å². The van der Waals surface area contributed by atoms with Crippen LogP contribution in [0, 0.1) is 20.8 Å². The van der Waals surface area contributed by atoms with Gasteiger partial charge in [-0.15, -0.1) is 5.10 Å². The molecule has 1 fully saturated rings. The fourth-order valence-electron chi connectivity index (χ4n) is 2.50. The molecule has 0 atom stereocenters. The van der Waals surface area contributed by atoms with Crippen molar-refractivity contribution in [2.75, 3.05) is 13.1 Å². The Morgan fingerprint density at radius 3 is 2.32 bits per heavy atom. The quantitative estimate of drug-likeness (QED) is 0.829. The largest absolute Gasteiger partial charge is 0.361 e. The van der Waals surface area contributed by atoms with Crippen molar-refractivity contribution < 1.29 is 14.1 Å². The Bertz CT molecular complexity index is 718. The van der Waals surface area contributed by atoms with Crippen molar-refractivity contribution in [2.24, 2.45) is 0 Å². The summed E-state index contributed by atoms with van der Waals surface area (Å²) in [6, 6.07) is 0. The van der Waals surface area contributed by atoms with Gasteiger partial charge in [-0.1, -0.05) is 9.64 Å². The molecule has 1 saturated heterocycles. The minimum absolute atomic E-state index is 0.245. The normalized spacial score (nSPS) is 14.7. The molecular formula is C13H15N5O3S. The highest BCUT2D eigenvalue weighted by Gasteiger charge is 2.35. The van der Waals surface area contributed by atoms with Crippen molar-refractivity contribution in [2.45, 2.75) is 27.2 Å². The number of nitrogens with zero attached hydrogens (tertiary/aromatic N) is 5. The summed E-state index contributed by atoms with van der Waals surface area (Å²) in [5.41, 5.74) is 1.52.